The Bertz CT molecular complexity index is 1380. The van der Waals surface area contributed by atoms with Crippen molar-refractivity contribution in [3.63, 3.8) is 0 Å². The number of ether oxygens (including phenoxy) is 1. The third-order valence-electron chi connectivity index (χ3n) is 5.07. The van der Waals surface area contributed by atoms with Crippen molar-refractivity contribution in [1.82, 2.24) is 9.55 Å². The summed E-state index contributed by atoms with van der Waals surface area (Å²) < 4.78 is 6.85. The molecule has 0 saturated heterocycles. The number of fused-ring (bicyclic) bond motifs is 1. The fourth-order valence-corrected chi connectivity index (χ4v) is 3.47. The number of aryl methyl sites for hydroxylation is 1. The van der Waals surface area contributed by atoms with Crippen LogP contribution in [-0.4, -0.2) is 38.1 Å². The number of hydrogen-bond acceptors (Lipinski definition) is 5. The molecule has 0 radical (unpaired) electrons. The Morgan fingerprint density at radius 3 is 2.53 bits per heavy atom. The first-order chi connectivity index (χ1) is 15.3. The van der Waals surface area contributed by atoms with Crippen LogP contribution in [-0.2, 0) is 11.3 Å². The molecule has 3 N–H and O–H groups in total. The number of benzene rings is 2. The molecule has 4 rings (SSSR count). The number of carboxylic acid groups (broad SMARTS) is 1. The summed E-state index contributed by atoms with van der Waals surface area (Å²) in [5, 5.41) is 19.7. The van der Waals surface area contributed by atoms with Gasteiger partial charge in [0.05, 0.1) is 6.54 Å². The van der Waals surface area contributed by atoms with Crippen LogP contribution in [0.4, 0.5) is 0 Å². The lowest BCUT2D eigenvalue weighted by Gasteiger charge is -2.10. The molecule has 8 nitrogen and oxygen atoms in total. The Balaban J connectivity index is 1.75. The Kier molecular flexibility index (Phi) is 5.51. The Morgan fingerprint density at radius 2 is 1.81 bits per heavy atom. The molecular weight excluding hydrogens is 412 g/mol. The van der Waals surface area contributed by atoms with Crippen LogP contribution in [0, 0.1) is 6.92 Å². The van der Waals surface area contributed by atoms with E-state index in [0.29, 0.717) is 27.7 Å². The summed E-state index contributed by atoms with van der Waals surface area (Å²) in [6, 6.07) is 14.6. The second-order valence-corrected chi connectivity index (χ2v) is 7.42. The van der Waals surface area contributed by atoms with E-state index in [4.69, 9.17) is 9.84 Å². The van der Waals surface area contributed by atoms with Gasteiger partial charge in [0.25, 0.3) is 0 Å². The molecule has 32 heavy (non-hydrogen) atoms. The minimum atomic E-state index is -1.12. The van der Waals surface area contributed by atoms with E-state index in [1.807, 2.05) is 19.1 Å². The monoisotopic (exact) mass is 432 g/mol. The van der Waals surface area contributed by atoms with Gasteiger partial charge in [-0.3, -0.25) is 9.59 Å². The zero-order valence-electron chi connectivity index (χ0n) is 17.2. The number of aromatic nitrogens is 2. The zero-order chi connectivity index (χ0) is 22.8. The maximum Gasteiger partial charge on any atom is 0.341 e. The molecule has 0 atom stereocenters. The maximum absolute atomic E-state index is 13.2. The highest BCUT2D eigenvalue weighted by Gasteiger charge is 2.18. The molecule has 0 unspecified atom stereocenters. The second-order valence-electron chi connectivity index (χ2n) is 7.42. The minimum absolute atomic E-state index is 0.0285. The molecule has 2 aromatic heterocycles. The van der Waals surface area contributed by atoms with Crippen molar-refractivity contribution in [2.24, 2.45) is 0 Å². The summed E-state index contributed by atoms with van der Waals surface area (Å²) in [7, 11) is 0. The van der Waals surface area contributed by atoms with Gasteiger partial charge in [-0.05, 0) is 31.2 Å². The number of ketones is 1. The van der Waals surface area contributed by atoms with Crippen molar-refractivity contribution >= 4 is 22.8 Å². The smallest absolute Gasteiger partial charge is 0.341 e. The van der Waals surface area contributed by atoms with Crippen LogP contribution in [0.5, 0.6) is 11.5 Å². The van der Waals surface area contributed by atoms with Crippen molar-refractivity contribution in [3.05, 3.63) is 93.4 Å². The molecule has 0 fully saturated rings. The van der Waals surface area contributed by atoms with Crippen molar-refractivity contribution in [3.8, 4) is 11.5 Å². The van der Waals surface area contributed by atoms with Gasteiger partial charge >= 0.3 is 5.97 Å². The van der Waals surface area contributed by atoms with E-state index in [0.717, 1.165) is 5.56 Å². The maximum atomic E-state index is 13.2. The van der Waals surface area contributed by atoms with Gasteiger partial charge in [0.2, 0.25) is 5.56 Å². The van der Waals surface area contributed by atoms with Crippen LogP contribution in [0.25, 0.3) is 11.0 Å². The number of pyridine rings is 1. The van der Waals surface area contributed by atoms with Gasteiger partial charge in [-0.1, -0.05) is 29.8 Å². The van der Waals surface area contributed by atoms with Gasteiger partial charge < -0.3 is 24.5 Å². The number of aliphatic carboxylic acids is 1. The van der Waals surface area contributed by atoms with E-state index in [9.17, 15) is 19.5 Å². The number of nitrogens with one attached hydrogen (secondary N) is 1. The molecule has 8 heteroatoms. The topological polar surface area (TPSA) is 122 Å². The number of hydrogen-bond donors (Lipinski definition) is 3. The van der Waals surface area contributed by atoms with E-state index in [-0.39, 0.29) is 29.4 Å². The summed E-state index contributed by atoms with van der Waals surface area (Å²) >= 11 is 0. The molecule has 0 aliphatic rings. The first-order valence-corrected chi connectivity index (χ1v) is 9.82. The van der Waals surface area contributed by atoms with E-state index in [2.05, 4.69) is 4.98 Å². The predicted molar refractivity (Wildman–Crippen MR) is 118 cm³/mol. The largest absolute Gasteiger partial charge is 0.508 e. The second kappa shape index (κ2) is 8.43. The summed E-state index contributed by atoms with van der Waals surface area (Å²) in [5.74, 6) is -1.06. The normalized spacial score (nSPS) is 10.9. The first kappa shape index (κ1) is 20.9. The number of nitrogens with zero attached hydrogens (tertiary/aromatic N) is 1. The summed E-state index contributed by atoms with van der Waals surface area (Å²) in [6.07, 6.45) is 1.63. The van der Waals surface area contributed by atoms with Crippen molar-refractivity contribution < 1.29 is 24.5 Å². The lowest BCUT2D eigenvalue weighted by molar-refractivity contribution is -0.139. The van der Waals surface area contributed by atoms with Crippen molar-refractivity contribution in [2.75, 3.05) is 6.61 Å². The van der Waals surface area contributed by atoms with Gasteiger partial charge in [-0.25, -0.2) is 4.79 Å². The molecule has 2 aromatic carbocycles. The lowest BCUT2D eigenvalue weighted by Crippen LogP contribution is -2.10. The number of carbonyl (C=O) groups is 2. The van der Waals surface area contributed by atoms with Gasteiger partial charge in [-0.15, -0.1) is 0 Å². The van der Waals surface area contributed by atoms with Gasteiger partial charge in [-0.2, -0.15) is 0 Å². The number of aromatic hydroxyl groups is 1. The van der Waals surface area contributed by atoms with Crippen LogP contribution in [0.3, 0.4) is 0 Å². The molecular formula is C24H20N2O6. The average molecular weight is 432 g/mol. The predicted octanol–water partition coefficient (Wildman–Crippen LogP) is 3.09. The molecule has 2 heterocycles. The third kappa shape index (κ3) is 4.24. The number of carbonyl (C=O) groups excluding carboxylic acids is 1. The summed E-state index contributed by atoms with van der Waals surface area (Å²) in [5.41, 5.74) is 2.52. The molecule has 0 amide bonds. The molecule has 4 aromatic rings. The van der Waals surface area contributed by atoms with Crippen LogP contribution < -0.4 is 10.3 Å². The van der Waals surface area contributed by atoms with Gasteiger partial charge in [0.1, 0.15) is 17.1 Å². The standard InChI is InChI=1S/C24H20N2O6/c1-14-2-4-15(5-3-14)23(31)19-12-26(24-18(19)7-9-21(28)25-24)11-16-10-17(6-8-20(16)27)32-13-22(29)30/h2-10,12,27H,11,13H2,1H3,(H,25,28)(H,29,30). The highest BCUT2D eigenvalue weighted by molar-refractivity contribution is 6.16. The highest BCUT2D eigenvalue weighted by atomic mass is 16.5. The molecule has 0 bridgehead atoms. The van der Waals surface area contributed by atoms with Crippen LogP contribution in [0.2, 0.25) is 0 Å². The van der Waals surface area contributed by atoms with Crippen LogP contribution >= 0.6 is 0 Å². The number of rotatable bonds is 7. The molecule has 162 valence electrons. The van der Waals surface area contributed by atoms with Gasteiger partial charge in [0, 0.05) is 34.3 Å². The lowest BCUT2D eigenvalue weighted by atomic mass is 10.0. The van der Waals surface area contributed by atoms with Crippen molar-refractivity contribution in [2.45, 2.75) is 13.5 Å². The Hall–Kier alpha value is -4.33. The molecule has 0 spiro atoms. The van der Waals surface area contributed by atoms with E-state index in [1.165, 1.54) is 24.3 Å². The van der Waals surface area contributed by atoms with E-state index < -0.39 is 12.6 Å². The number of carboxylic acids is 1. The average Bonchev–Trinajstić information content (AvgIpc) is 3.11. The first-order valence-electron chi connectivity index (χ1n) is 9.82. The number of phenolic OH excluding ortho intramolecular Hbond substituents is 1. The fourth-order valence-electron chi connectivity index (χ4n) is 3.47. The van der Waals surface area contributed by atoms with Gasteiger partial charge in [0.15, 0.2) is 12.4 Å². The molecule has 0 aliphatic heterocycles. The Labute approximate surface area is 182 Å². The zero-order valence-corrected chi connectivity index (χ0v) is 17.2. The van der Waals surface area contributed by atoms with Crippen LogP contribution in [0.1, 0.15) is 27.0 Å². The third-order valence-corrected chi connectivity index (χ3v) is 5.07. The summed E-state index contributed by atoms with van der Waals surface area (Å²) in [4.78, 5) is 38.6. The summed E-state index contributed by atoms with van der Waals surface area (Å²) in [6.45, 7) is 1.54. The van der Waals surface area contributed by atoms with E-state index >= 15 is 0 Å². The van der Waals surface area contributed by atoms with E-state index in [1.54, 1.807) is 29.0 Å². The van der Waals surface area contributed by atoms with Crippen LogP contribution in [0.15, 0.2) is 65.6 Å². The SMILES string of the molecule is Cc1ccc(C(=O)c2cn(Cc3cc(OCC(=O)O)ccc3O)c3[nH]c(=O)ccc23)cc1. The molecule has 0 saturated carbocycles. The minimum Gasteiger partial charge on any atom is -0.508 e. The quantitative estimate of drug-likeness (QED) is 0.386. The number of phenols is 1. The number of aromatic amines is 1. The molecule has 0 aliphatic carbocycles. The highest BCUT2D eigenvalue weighted by Crippen LogP contribution is 2.27. The van der Waals surface area contributed by atoms with Crippen molar-refractivity contribution in [1.29, 1.82) is 0 Å². The Morgan fingerprint density at radius 1 is 1.06 bits per heavy atom. The number of H-pyrrole nitrogens is 1. The fraction of sp³-hybridized carbons (Fsp3) is 0.125.